The maximum Gasteiger partial charge on any atom is 0.250 e. The lowest BCUT2D eigenvalue weighted by molar-refractivity contribution is 0.0960. The number of nitrogens with zero attached hydrogens (tertiary/aromatic N) is 4. The third kappa shape index (κ3) is 3.27. The molecule has 1 N–H and O–H groups in total. The molecule has 8 heteroatoms. The van der Waals surface area contributed by atoms with E-state index in [1.165, 1.54) is 0 Å². The van der Waals surface area contributed by atoms with Crippen LogP contribution in [0.4, 0.5) is 11.5 Å². The van der Waals surface area contributed by atoms with Crippen molar-refractivity contribution in [3.05, 3.63) is 82.7 Å². The molecular weight excluding hydrogens is 402 g/mol. The number of aromatic nitrogens is 4. The Kier molecular flexibility index (Phi) is 4.59. The van der Waals surface area contributed by atoms with Crippen LogP contribution < -0.4 is 5.32 Å². The number of hydrogen-bond acceptors (Lipinski definition) is 6. The van der Waals surface area contributed by atoms with Crippen molar-refractivity contribution in [2.75, 3.05) is 5.32 Å². The summed E-state index contributed by atoms with van der Waals surface area (Å²) in [5.41, 5.74) is 3.05. The van der Waals surface area contributed by atoms with Crippen molar-refractivity contribution in [1.29, 1.82) is 0 Å². The first-order chi connectivity index (χ1) is 14.6. The molecule has 1 aliphatic carbocycles. The number of rotatable bonds is 4. The van der Waals surface area contributed by atoms with Crippen LogP contribution in [0.5, 0.6) is 0 Å². The molecule has 1 aromatic carbocycles. The van der Waals surface area contributed by atoms with Gasteiger partial charge in [-0.15, -0.1) is 5.10 Å². The van der Waals surface area contributed by atoms with Crippen LogP contribution >= 0.6 is 11.6 Å². The second kappa shape index (κ2) is 7.42. The van der Waals surface area contributed by atoms with Gasteiger partial charge in [0.25, 0.3) is 5.95 Å². The topological polar surface area (TPSA) is 85.8 Å². The van der Waals surface area contributed by atoms with Gasteiger partial charge in [-0.3, -0.25) is 4.79 Å². The standard InChI is InChI=1S/C22H18ClN5O2/c1-13-5-6-15(12-16(13)23)26-21-20-17(28(27-21)22-24-7-3-8-25-22)10-14(11-18(20)29)19-4-2-9-30-19/h2-9,12,14H,10-11H2,1H3,(H,26,27). The molecule has 0 saturated heterocycles. The Bertz CT molecular complexity index is 1220. The zero-order valence-corrected chi connectivity index (χ0v) is 16.9. The van der Waals surface area contributed by atoms with Gasteiger partial charge in [-0.25, -0.2) is 14.6 Å². The van der Waals surface area contributed by atoms with E-state index < -0.39 is 0 Å². The van der Waals surface area contributed by atoms with E-state index in [0.29, 0.717) is 35.2 Å². The second-order valence-corrected chi connectivity index (χ2v) is 7.67. The summed E-state index contributed by atoms with van der Waals surface area (Å²) in [5, 5.41) is 8.56. The number of carbonyl (C=O) groups excluding carboxylic acids is 1. The van der Waals surface area contributed by atoms with E-state index in [-0.39, 0.29) is 11.7 Å². The highest BCUT2D eigenvalue weighted by molar-refractivity contribution is 6.31. The van der Waals surface area contributed by atoms with Crippen LogP contribution in [-0.2, 0) is 6.42 Å². The Hall–Kier alpha value is -3.45. The lowest BCUT2D eigenvalue weighted by atomic mass is 9.85. The first-order valence-corrected chi connectivity index (χ1v) is 9.97. The predicted molar refractivity (Wildman–Crippen MR) is 113 cm³/mol. The number of ketones is 1. The van der Waals surface area contributed by atoms with Crippen molar-refractivity contribution in [2.24, 2.45) is 0 Å². The van der Waals surface area contributed by atoms with E-state index in [9.17, 15) is 4.79 Å². The van der Waals surface area contributed by atoms with Gasteiger partial charge in [-0.2, -0.15) is 0 Å². The lowest BCUT2D eigenvalue weighted by Crippen LogP contribution is -2.21. The zero-order chi connectivity index (χ0) is 20.7. The van der Waals surface area contributed by atoms with Crippen LogP contribution in [0.15, 0.2) is 59.5 Å². The van der Waals surface area contributed by atoms with E-state index in [2.05, 4.69) is 20.4 Å². The molecule has 0 aliphatic heterocycles. The molecule has 7 nitrogen and oxygen atoms in total. The highest BCUT2D eigenvalue weighted by Gasteiger charge is 2.35. The number of nitrogens with one attached hydrogen (secondary N) is 1. The van der Waals surface area contributed by atoms with E-state index in [1.807, 2.05) is 37.3 Å². The normalized spacial score (nSPS) is 15.8. The maximum absolute atomic E-state index is 13.2. The molecule has 0 bridgehead atoms. The van der Waals surface area contributed by atoms with Crippen molar-refractivity contribution < 1.29 is 9.21 Å². The molecule has 150 valence electrons. The van der Waals surface area contributed by atoms with Gasteiger partial charge >= 0.3 is 0 Å². The Morgan fingerprint density at radius 1 is 1.17 bits per heavy atom. The van der Waals surface area contributed by atoms with Gasteiger partial charge in [0.2, 0.25) is 0 Å². The Morgan fingerprint density at radius 3 is 2.73 bits per heavy atom. The Morgan fingerprint density at radius 2 is 2.00 bits per heavy atom. The van der Waals surface area contributed by atoms with Crippen LogP contribution in [0.25, 0.3) is 5.95 Å². The van der Waals surface area contributed by atoms with Crippen molar-refractivity contribution in [2.45, 2.75) is 25.7 Å². The quantitative estimate of drug-likeness (QED) is 0.507. The predicted octanol–water partition coefficient (Wildman–Crippen LogP) is 4.87. The summed E-state index contributed by atoms with van der Waals surface area (Å²) >= 11 is 6.27. The molecule has 0 spiro atoms. The summed E-state index contributed by atoms with van der Waals surface area (Å²) < 4.78 is 7.20. The number of aryl methyl sites for hydroxylation is 1. The average molecular weight is 420 g/mol. The van der Waals surface area contributed by atoms with E-state index in [0.717, 1.165) is 22.7 Å². The summed E-state index contributed by atoms with van der Waals surface area (Å²) in [4.78, 5) is 21.8. The molecular formula is C22H18ClN5O2. The Labute approximate surface area is 177 Å². The summed E-state index contributed by atoms with van der Waals surface area (Å²) in [7, 11) is 0. The van der Waals surface area contributed by atoms with Crippen molar-refractivity contribution >= 4 is 28.9 Å². The molecule has 1 atom stereocenters. The van der Waals surface area contributed by atoms with Gasteiger partial charge < -0.3 is 9.73 Å². The molecule has 3 heterocycles. The molecule has 1 unspecified atom stereocenters. The van der Waals surface area contributed by atoms with Crippen molar-refractivity contribution in [1.82, 2.24) is 19.7 Å². The highest BCUT2D eigenvalue weighted by Crippen LogP contribution is 2.38. The highest BCUT2D eigenvalue weighted by atomic mass is 35.5. The number of carbonyl (C=O) groups is 1. The second-order valence-electron chi connectivity index (χ2n) is 7.26. The van der Waals surface area contributed by atoms with Gasteiger partial charge in [-0.1, -0.05) is 17.7 Å². The van der Waals surface area contributed by atoms with Gasteiger partial charge in [0.1, 0.15) is 5.76 Å². The number of fused-ring (bicyclic) bond motifs is 1. The third-order valence-corrected chi connectivity index (χ3v) is 5.66. The monoisotopic (exact) mass is 419 g/mol. The molecule has 3 aromatic heterocycles. The van der Waals surface area contributed by atoms with Gasteiger partial charge in [-0.05, 0) is 42.8 Å². The fourth-order valence-corrected chi connectivity index (χ4v) is 3.93. The first-order valence-electron chi connectivity index (χ1n) is 9.59. The van der Waals surface area contributed by atoms with E-state index in [4.69, 9.17) is 16.0 Å². The van der Waals surface area contributed by atoms with Gasteiger partial charge in [0, 0.05) is 41.9 Å². The SMILES string of the molecule is Cc1ccc(Nc2nn(-c3ncccn3)c3c2C(=O)CC(c2ccco2)C3)cc1Cl. The molecule has 0 saturated carbocycles. The number of halogens is 1. The van der Waals surface area contributed by atoms with Crippen LogP contribution in [0.1, 0.15) is 39.7 Å². The molecule has 0 amide bonds. The number of Topliss-reactive ketones (excluding diaryl/α,β-unsaturated/α-hetero) is 1. The molecule has 5 rings (SSSR count). The summed E-state index contributed by atoms with van der Waals surface area (Å²) in [5.74, 6) is 1.62. The smallest absolute Gasteiger partial charge is 0.250 e. The van der Waals surface area contributed by atoms with Crippen LogP contribution in [0.3, 0.4) is 0 Å². The summed E-state index contributed by atoms with van der Waals surface area (Å²) in [6.45, 7) is 1.94. The molecule has 4 aromatic rings. The molecule has 0 fully saturated rings. The van der Waals surface area contributed by atoms with Crippen LogP contribution in [0.2, 0.25) is 5.02 Å². The Balaban J connectivity index is 1.61. The number of anilines is 2. The molecule has 0 radical (unpaired) electrons. The minimum Gasteiger partial charge on any atom is -0.469 e. The fraction of sp³-hybridized carbons (Fsp3) is 0.182. The first kappa shape index (κ1) is 18.6. The average Bonchev–Trinajstić information content (AvgIpc) is 3.40. The van der Waals surface area contributed by atoms with Crippen LogP contribution in [-0.4, -0.2) is 25.5 Å². The van der Waals surface area contributed by atoms with Crippen molar-refractivity contribution in [3.8, 4) is 5.95 Å². The number of benzene rings is 1. The zero-order valence-electron chi connectivity index (χ0n) is 16.2. The number of furan rings is 1. The van der Waals surface area contributed by atoms with E-state index in [1.54, 1.807) is 29.4 Å². The van der Waals surface area contributed by atoms with E-state index >= 15 is 0 Å². The minimum atomic E-state index is -0.0548. The van der Waals surface area contributed by atoms with Crippen LogP contribution in [0, 0.1) is 6.92 Å². The largest absolute Gasteiger partial charge is 0.469 e. The van der Waals surface area contributed by atoms with Crippen molar-refractivity contribution in [3.63, 3.8) is 0 Å². The lowest BCUT2D eigenvalue weighted by Gasteiger charge is -2.20. The molecule has 30 heavy (non-hydrogen) atoms. The van der Waals surface area contributed by atoms with Gasteiger partial charge in [0.15, 0.2) is 11.6 Å². The fourth-order valence-electron chi connectivity index (χ4n) is 3.75. The minimum absolute atomic E-state index is 0.000500. The maximum atomic E-state index is 13.2. The molecule has 1 aliphatic rings. The summed E-state index contributed by atoms with van der Waals surface area (Å²) in [6.07, 6.45) is 5.87. The third-order valence-electron chi connectivity index (χ3n) is 5.25. The number of hydrogen-bond donors (Lipinski definition) is 1. The van der Waals surface area contributed by atoms with Gasteiger partial charge in [0.05, 0.1) is 17.5 Å². The summed E-state index contributed by atoms with van der Waals surface area (Å²) in [6, 6.07) is 11.1.